The highest BCUT2D eigenvalue weighted by Crippen LogP contribution is 2.23. The van der Waals surface area contributed by atoms with E-state index in [0.29, 0.717) is 31.6 Å². The molecule has 0 saturated carbocycles. The highest BCUT2D eigenvalue weighted by atomic mass is 32.2. The van der Waals surface area contributed by atoms with Gasteiger partial charge in [0.05, 0.1) is 10.6 Å². The quantitative estimate of drug-likeness (QED) is 0.647. The Kier molecular flexibility index (Phi) is 7.66. The van der Waals surface area contributed by atoms with Crippen molar-refractivity contribution in [1.82, 2.24) is 5.32 Å². The van der Waals surface area contributed by atoms with Crippen LogP contribution in [0.25, 0.3) is 0 Å². The second-order valence-electron chi connectivity index (χ2n) is 6.03. The van der Waals surface area contributed by atoms with Crippen molar-refractivity contribution in [1.29, 1.82) is 0 Å². The van der Waals surface area contributed by atoms with Gasteiger partial charge in [0.1, 0.15) is 0 Å². The maximum atomic E-state index is 13.0. The highest BCUT2D eigenvalue weighted by molar-refractivity contribution is 7.92. The number of rotatable bonds is 10. The van der Waals surface area contributed by atoms with E-state index in [2.05, 4.69) is 5.32 Å². The van der Waals surface area contributed by atoms with Crippen LogP contribution in [0.2, 0.25) is 0 Å². The van der Waals surface area contributed by atoms with Gasteiger partial charge in [0, 0.05) is 19.5 Å². The molecule has 0 unspecified atom stereocenters. The molecule has 0 aliphatic rings. The van der Waals surface area contributed by atoms with Crippen molar-refractivity contribution in [3.63, 3.8) is 0 Å². The van der Waals surface area contributed by atoms with Crippen LogP contribution in [0.4, 0.5) is 5.69 Å². The van der Waals surface area contributed by atoms with E-state index in [9.17, 15) is 13.2 Å². The number of anilines is 1. The van der Waals surface area contributed by atoms with E-state index in [1.165, 1.54) is 4.31 Å². The number of benzene rings is 2. The number of amides is 1. The van der Waals surface area contributed by atoms with Crippen LogP contribution in [-0.2, 0) is 14.8 Å². The molecule has 5 nitrogen and oxygen atoms in total. The Morgan fingerprint density at radius 2 is 1.58 bits per heavy atom. The molecular weight excluding hydrogens is 348 g/mol. The Hall–Kier alpha value is -2.34. The zero-order valence-corrected chi connectivity index (χ0v) is 15.9. The van der Waals surface area contributed by atoms with Gasteiger partial charge in [-0.25, -0.2) is 8.42 Å². The topological polar surface area (TPSA) is 66.5 Å². The molecule has 2 aromatic rings. The molecule has 140 valence electrons. The van der Waals surface area contributed by atoms with Crippen LogP contribution < -0.4 is 9.62 Å². The van der Waals surface area contributed by atoms with Gasteiger partial charge in [-0.3, -0.25) is 9.10 Å². The second kappa shape index (κ2) is 9.97. The normalized spacial score (nSPS) is 11.1. The highest BCUT2D eigenvalue weighted by Gasteiger charge is 2.24. The molecule has 2 aromatic carbocycles. The van der Waals surface area contributed by atoms with Gasteiger partial charge < -0.3 is 5.32 Å². The molecule has 1 N–H and O–H groups in total. The summed E-state index contributed by atoms with van der Waals surface area (Å²) in [4.78, 5) is 12.0. The van der Waals surface area contributed by atoms with E-state index < -0.39 is 10.0 Å². The molecule has 0 aliphatic heterocycles. The van der Waals surface area contributed by atoms with E-state index in [-0.39, 0.29) is 10.8 Å². The minimum absolute atomic E-state index is 0.0176. The first-order valence-corrected chi connectivity index (χ1v) is 10.4. The summed E-state index contributed by atoms with van der Waals surface area (Å²) in [5, 5.41) is 2.86. The number of sulfonamides is 1. The minimum Gasteiger partial charge on any atom is -0.356 e. The maximum absolute atomic E-state index is 13.0. The summed E-state index contributed by atoms with van der Waals surface area (Å²) in [6, 6.07) is 17.4. The third kappa shape index (κ3) is 5.59. The van der Waals surface area contributed by atoms with Crippen LogP contribution in [0.1, 0.15) is 32.6 Å². The molecule has 0 fully saturated rings. The van der Waals surface area contributed by atoms with E-state index in [1.807, 2.05) is 25.1 Å². The van der Waals surface area contributed by atoms with Crippen molar-refractivity contribution in [2.75, 3.05) is 17.4 Å². The van der Waals surface area contributed by atoms with Crippen molar-refractivity contribution >= 4 is 21.6 Å². The summed E-state index contributed by atoms with van der Waals surface area (Å²) in [7, 11) is -3.65. The molecule has 0 spiro atoms. The molecule has 0 atom stereocenters. The average Bonchev–Trinajstić information content (AvgIpc) is 2.67. The molecule has 0 bridgehead atoms. The zero-order chi connectivity index (χ0) is 18.8. The molecule has 26 heavy (non-hydrogen) atoms. The molecule has 0 aliphatic carbocycles. The monoisotopic (exact) mass is 374 g/mol. The van der Waals surface area contributed by atoms with Gasteiger partial charge in [-0.2, -0.15) is 0 Å². The third-order valence-corrected chi connectivity index (χ3v) is 5.83. The fourth-order valence-electron chi connectivity index (χ4n) is 2.58. The smallest absolute Gasteiger partial charge is 0.264 e. The van der Waals surface area contributed by atoms with Crippen LogP contribution >= 0.6 is 0 Å². The van der Waals surface area contributed by atoms with Crippen LogP contribution in [0, 0.1) is 0 Å². The Morgan fingerprint density at radius 3 is 2.19 bits per heavy atom. The van der Waals surface area contributed by atoms with E-state index in [1.54, 1.807) is 42.5 Å². The SMILES string of the molecule is CCCCC(=O)NCCCN(c1ccccc1)S(=O)(=O)c1ccccc1. The van der Waals surface area contributed by atoms with Gasteiger partial charge in [0.2, 0.25) is 5.91 Å². The lowest BCUT2D eigenvalue weighted by molar-refractivity contribution is -0.121. The number of hydrogen-bond acceptors (Lipinski definition) is 3. The van der Waals surface area contributed by atoms with Crippen molar-refractivity contribution in [3.05, 3.63) is 60.7 Å². The Labute approximate surface area is 156 Å². The first-order chi connectivity index (χ1) is 12.6. The molecule has 0 saturated heterocycles. The van der Waals surface area contributed by atoms with E-state index in [0.717, 1.165) is 12.8 Å². The van der Waals surface area contributed by atoms with Gasteiger partial charge in [0.25, 0.3) is 10.0 Å². The molecule has 0 aromatic heterocycles. The molecule has 2 rings (SSSR count). The summed E-state index contributed by atoms with van der Waals surface area (Å²) >= 11 is 0. The predicted molar refractivity (Wildman–Crippen MR) is 105 cm³/mol. The number of carbonyl (C=O) groups excluding carboxylic acids is 1. The molecule has 6 heteroatoms. The number of nitrogens with one attached hydrogen (secondary N) is 1. The van der Waals surface area contributed by atoms with Crippen LogP contribution in [0.5, 0.6) is 0 Å². The van der Waals surface area contributed by atoms with Gasteiger partial charge in [-0.1, -0.05) is 49.7 Å². The van der Waals surface area contributed by atoms with Gasteiger partial charge >= 0.3 is 0 Å². The number of hydrogen-bond donors (Lipinski definition) is 1. The first-order valence-electron chi connectivity index (χ1n) is 8.95. The van der Waals surface area contributed by atoms with Gasteiger partial charge in [0.15, 0.2) is 0 Å². The summed E-state index contributed by atoms with van der Waals surface area (Å²) in [5.41, 5.74) is 0.619. The van der Waals surface area contributed by atoms with E-state index >= 15 is 0 Å². The fourth-order valence-corrected chi connectivity index (χ4v) is 4.10. The standard InChI is InChI=1S/C20H26N2O3S/c1-2-3-15-20(23)21-16-10-17-22(18-11-6-4-7-12-18)26(24,25)19-13-8-5-9-14-19/h4-9,11-14H,2-3,10,15-17H2,1H3,(H,21,23). The van der Waals surface area contributed by atoms with Crippen molar-refractivity contribution in [2.24, 2.45) is 0 Å². The lowest BCUT2D eigenvalue weighted by Gasteiger charge is -2.24. The lowest BCUT2D eigenvalue weighted by atomic mass is 10.2. The average molecular weight is 375 g/mol. The predicted octanol–water partition coefficient (Wildman–Crippen LogP) is 3.58. The number of para-hydroxylation sites is 1. The van der Waals surface area contributed by atoms with Crippen molar-refractivity contribution in [3.8, 4) is 0 Å². The number of carbonyl (C=O) groups is 1. The molecule has 1 amide bonds. The van der Waals surface area contributed by atoms with Crippen LogP contribution in [0.15, 0.2) is 65.6 Å². The number of unbranched alkanes of at least 4 members (excludes halogenated alkanes) is 1. The summed E-state index contributed by atoms with van der Waals surface area (Å²) in [5.74, 6) is 0.0176. The summed E-state index contributed by atoms with van der Waals surface area (Å²) < 4.78 is 27.5. The second-order valence-corrected chi connectivity index (χ2v) is 7.90. The largest absolute Gasteiger partial charge is 0.356 e. The Bertz CT molecular complexity index is 777. The van der Waals surface area contributed by atoms with Gasteiger partial charge in [-0.05, 0) is 37.1 Å². The Balaban J connectivity index is 2.08. The molecule has 0 radical (unpaired) electrons. The number of nitrogens with zero attached hydrogens (tertiary/aromatic N) is 1. The van der Waals surface area contributed by atoms with Gasteiger partial charge in [-0.15, -0.1) is 0 Å². The zero-order valence-electron chi connectivity index (χ0n) is 15.1. The summed E-state index contributed by atoms with van der Waals surface area (Å²) in [6.07, 6.45) is 2.90. The summed E-state index contributed by atoms with van der Waals surface area (Å²) in [6.45, 7) is 2.80. The Morgan fingerprint density at radius 1 is 0.962 bits per heavy atom. The molecule has 0 heterocycles. The fraction of sp³-hybridized carbons (Fsp3) is 0.350. The first kappa shape index (κ1) is 20.0. The van der Waals surface area contributed by atoms with Crippen molar-refractivity contribution in [2.45, 2.75) is 37.5 Å². The van der Waals surface area contributed by atoms with E-state index in [4.69, 9.17) is 0 Å². The lowest BCUT2D eigenvalue weighted by Crippen LogP contribution is -2.34. The third-order valence-electron chi connectivity index (χ3n) is 3.99. The minimum atomic E-state index is -3.65. The molecular formula is C20H26N2O3S. The van der Waals surface area contributed by atoms with Crippen molar-refractivity contribution < 1.29 is 13.2 Å². The van der Waals surface area contributed by atoms with Crippen LogP contribution in [0.3, 0.4) is 0 Å². The maximum Gasteiger partial charge on any atom is 0.264 e. The van der Waals surface area contributed by atoms with Crippen LogP contribution in [-0.4, -0.2) is 27.4 Å².